The number of nitrogens with one attached hydrogen (secondary N) is 1. The smallest absolute Gasteiger partial charge is 0.306 e. The molecule has 0 aromatic heterocycles. The number of hydrogen-bond acceptors (Lipinski definition) is 4. The van der Waals surface area contributed by atoms with Crippen LogP contribution < -0.4 is 5.32 Å². The highest BCUT2D eigenvalue weighted by molar-refractivity contribution is 6.04. The summed E-state index contributed by atoms with van der Waals surface area (Å²) in [6, 6.07) is 0. The zero-order chi connectivity index (χ0) is 27.0. The Morgan fingerprint density at radius 2 is 1.27 bits per heavy atom. The first-order valence-corrected chi connectivity index (χ1v) is 16.1. The molecule has 0 radical (unpaired) electrons. The summed E-state index contributed by atoms with van der Waals surface area (Å²) in [5.74, 6) is -0.704. The van der Waals surface area contributed by atoms with Crippen molar-refractivity contribution < 1.29 is 14.3 Å². The number of aliphatic imine (C=N–C) groups is 1. The third-order valence-electron chi connectivity index (χ3n) is 7.77. The lowest BCUT2D eigenvalue weighted by atomic mass is 9.93. The van der Waals surface area contributed by atoms with Crippen molar-refractivity contribution >= 4 is 17.6 Å². The fraction of sp³-hybridized carbons (Fsp3) is 0.906. The summed E-state index contributed by atoms with van der Waals surface area (Å²) in [6.07, 6.45) is 27.0. The Bertz CT molecular complexity index is 605. The molecule has 2 unspecified atom stereocenters. The Morgan fingerprint density at radius 1 is 0.811 bits per heavy atom. The molecule has 0 spiro atoms. The van der Waals surface area contributed by atoms with E-state index in [4.69, 9.17) is 4.74 Å². The van der Waals surface area contributed by atoms with Gasteiger partial charge in [-0.2, -0.15) is 0 Å². The first-order chi connectivity index (χ1) is 18.1. The summed E-state index contributed by atoms with van der Waals surface area (Å²) in [5.41, 5.74) is 0.778. The van der Waals surface area contributed by atoms with Gasteiger partial charge in [-0.1, -0.05) is 129 Å². The molecule has 1 aliphatic rings. The molecule has 5 nitrogen and oxygen atoms in total. The Morgan fingerprint density at radius 3 is 1.73 bits per heavy atom. The van der Waals surface area contributed by atoms with E-state index in [0.29, 0.717) is 25.9 Å². The summed E-state index contributed by atoms with van der Waals surface area (Å²) in [6.45, 7) is 7.48. The van der Waals surface area contributed by atoms with Crippen LogP contribution in [0.25, 0.3) is 0 Å². The van der Waals surface area contributed by atoms with Crippen LogP contribution in [0.3, 0.4) is 0 Å². The SMILES string of the molecule is CCCCCCCCCCCCCCCCCCCCCC(=O)OC(CC)C1C(=O)NCCCN=C1C. The van der Waals surface area contributed by atoms with Crippen LogP contribution >= 0.6 is 0 Å². The number of carbonyl (C=O) groups is 2. The standard InChI is InChI=1S/C32H60N2O3/c1-4-6-7-8-9-10-11-12-13-14-15-16-17-18-19-20-21-22-23-25-30(35)37-29(5-2)31-28(3)33-26-24-27-34-32(31)36/h29,31H,4-27H2,1-3H3,(H,34,36). The molecule has 0 aliphatic carbocycles. The second-order valence-electron chi connectivity index (χ2n) is 11.2. The average molecular weight is 521 g/mol. The van der Waals surface area contributed by atoms with Gasteiger partial charge in [-0.05, 0) is 26.2 Å². The van der Waals surface area contributed by atoms with Crippen LogP contribution in [-0.4, -0.2) is 36.8 Å². The van der Waals surface area contributed by atoms with Gasteiger partial charge in [-0.3, -0.25) is 14.6 Å². The lowest BCUT2D eigenvalue weighted by Gasteiger charge is -2.27. The van der Waals surface area contributed by atoms with Crippen LogP contribution in [-0.2, 0) is 14.3 Å². The second-order valence-corrected chi connectivity index (χ2v) is 11.2. The Kier molecular flexibility index (Phi) is 21.6. The lowest BCUT2D eigenvalue weighted by molar-refractivity contribution is -0.152. The van der Waals surface area contributed by atoms with Crippen molar-refractivity contribution in [3.8, 4) is 0 Å². The number of nitrogens with zero attached hydrogens (tertiary/aromatic N) is 1. The van der Waals surface area contributed by atoms with Gasteiger partial charge in [0.1, 0.15) is 12.0 Å². The number of amides is 1. The zero-order valence-electron chi connectivity index (χ0n) is 24.8. The summed E-state index contributed by atoms with van der Waals surface area (Å²) < 4.78 is 5.73. The van der Waals surface area contributed by atoms with Crippen molar-refractivity contribution in [3.05, 3.63) is 0 Å². The third kappa shape index (κ3) is 17.7. The molecule has 0 bridgehead atoms. The molecule has 1 amide bonds. The lowest BCUT2D eigenvalue weighted by Crippen LogP contribution is -2.44. The molecule has 1 aliphatic heterocycles. The molecular weight excluding hydrogens is 460 g/mol. The number of carbonyl (C=O) groups excluding carboxylic acids is 2. The van der Waals surface area contributed by atoms with Gasteiger partial charge in [0.2, 0.25) is 5.91 Å². The van der Waals surface area contributed by atoms with Gasteiger partial charge in [0.05, 0.1) is 0 Å². The number of esters is 1. The van der Waals surface area contributed by atoms with E-state index in [1.807, 2.05) is 13.8 Å². The number of ether oxygens (including phenoxy) is 1. The number of rotatable bonds is 23. The van der Waals surface area contributed by atoms with Crippen LogP contribution in [0.1, 0.15) is 162 Å². The second kappa shape index (κ2) is 23.7. The van der Waals surface area contributed by atoms with Crippen LogP contribution in [0.5, 0.6) is 0 Å². The molecule has 0 fully saturated rings. The number of hydrogen-bond donors (Lipinski definition) is 1. The Hall–Kier alpha value is -1.39. The highest BCUT2D eigenvalue weighted by Crippen LogP contribution is 2.19. The maximum absolute atomic E-state index is 12.5. The van der Waals surface area contributed by atoms with Gasteiger partial charge in [0, 0.05) is 25.2 Å². The van der Waals surface area contributed by atoms with Gasteiger partial charge in [-0.15, -0.1) is 0 Å². The monoisotopic (exact) mass is 520 g/mol. The zero-order valence-corrected chi connectivity index (χ0v) is 24.8. The highest BCUT2D eigenvalue weighted by Gasteiger charge is 2.33. The largest absolute Gasteiger partial charge is 0.461 e. The van der Waals surface area contributed by atoms with Crippen molar-refractivity contribution in [2.24, 2.45) is 10.9 Å². The van der Waals surface area contributed by atoms with Crippen LogP contribution in [0.4, 0.5) is 0 Å². The van der Waals surface area contributed by atoms with Crippen molar-refractivity contribution in [1.29, 1.82) is 0 Å². The van der Waals surface area contributed by atoms with E-state index in [1.165, 1.54) is 109 Å². The molecule has 0 saturated heterocycles. The fourth-order valence-electron chi connectivity index (χ4n) is 5.34. The van der Waals surface area contributed by atoms with E-state index in [9.17, 15) is 9.59 Å². The van der Waals surface area contributed by atoms with Gasteiger partial charge in [-0.25, -0.2) is 0 Å². The van der Waals surface area contributed by atoms with Crippen LogP contribution in [0.15, 0.2) is 4.99 Å². The van der Waals surface area contributed by atoms with Crippen molar-refractivity contribution in [2.45, 2.75) is 168 Å². The van der Waals surface area contributed by atoms with Crippen LogP contribution in [0, 0.1) is 5.92 Å². The van der Waals surface area contributed by atoms with E-state index >= 15 is 0 Å². The third-order valence-corrected chi connectivity index (χ3v) is 7.77. The molecule has 0 saturated carbocycles. The van der Waals surface area contributed by atoms with Crippen molar-refractivity contribution in [2.75, 3.05) is 13.1 Å². The minimum Gasteiger partial charge on any atom is -0.461 e. The van der Waals surface area contributed by atoms with E-state index in [2.05, 4.69) is 17.2 Å². The molecule has 1 rings (SSSR count). The minimum atomic E-state index is -0.459. The van der Waals surface area contributed by atoms with E-state index in [1.54, 1.807) is 0 Å². The number of unbranched alkanes of at least 4 members (excludes halogenated alkanes) is 18. The Balaban J connectivity index is 1.95. The topological polar surface area (TPSA) is 67.8 Å². The van der Waals surface area contributed by atoms with E-state index in [-0.39, 0.29) is 11.9 Å². The maximum atomic E-state index is 12.5. The molecule has 216 valence electrons. The predicted octanol–water partition coefficient (Wildman–Crippen LogP) is 8.73. The molecule has 37 heavy (non-hydrogen) atoms. The predicted molar refractivity (Wildman–Crippen MR) is 157 cm³/mol. The van der Waals surface area contributed by atoms with Gasteiger partial charge in [0.25, 0.3) is 0 Å². The Labute approximate surface area is 229 Å². The van der Waals surface area contributed by atoms with E-state index in [0.717, 1.165) is 25.0 Å². The van der Waals surface area contributed by atoms with Crippen LogP contribution in [0.2, 0.25) is 0 Å². The quantitative estimate of drug-likeness (QED) is 0.108. The van der Waals surface area contributed by atoms with Crippen molar-refractivity contribution in [3.63, 3.8) is 0 Å². The highest BCUT2D eigenvalue weighted by atomic mass is 16.5. The normalized spacial score (nSPS) is 17.0. The fourth-order valence-corrected chi connectivity index (χ4v) is 5.34. The van der Waals surface area contributed by atoms with Crippen molar-refractivity contribution in [1.82, 2.24) is 5.32 Å². The molecule has 0 aromatic carbocycles. The minimum absolute atomic E-state index is 0.0657. The molecule has 1 N–H and O–H groups in total. The first kappa shape index (κ1) is 33.6. The average Bonchev–Trinajstić information content (AvgIpc) is 2.88. The van der Waals surface area contributed by atoms with Gasteiger partial charge >= 0.3 is 5.97 Å². The summed E-state index contributed by atoms with van der Waals surface area (Å²) in [4.78, 5) is 29.4. The van der Waals surface area contributed by atoms with Gasteiger partial charge in [0.15, 0.2) is 0 Å². The first-order valence-electron chi connectivity index (χ1n) is 16.1. The van der Waals surface area contributed by atoms with E-state index < -0.39 is 12.0 Å². The maximum Gasteiger partial charge on any atom is 0.306 e. The van der Waals surface area contributed by atoms with Gasteiger partial charge < -0.3 is 10.1 Å². The molecule has 2 atom stereocenters. The summed E-state index contributed by atoms with van der Waals surface area (Å²) in [5, 5.41) is 2.95. The summed E-state index contributed by atoms with van der Waals surface area (Å²) >= 11 is 0. The summed E-state index contributed by atoms with van der Waals surface area (Å²) in [7, 11) is 0. The molecule has 5 heteroatoms. The molecule has 1 heterocycles. The molecular formula is C32H60N2O3. The molecule has 0 aromatic rings.